The van der Waals surface area contributed by atoms with Crippen molar-refractivity contribution < 1.29 is 9.84 Å². The predicted octanol–water partition coefficient (Wildman–Crippen LogP) is 1.26. The summed E-state index contributed by atoms with van der Waals surface area (Å²) in [5, 5.41) is 12.2. The van der Waals surface area contributed by atoms with E-state index in [-0.39, 0.29) is 12.6 Å². The van der Waals surface area contributed by atoms with E-state index in [9.17, 15) is 0 Å². The van der Waals surface area contributed by atoms with Crippen molar-refractivity contribution in [2.45, 2.75) is 13.0 Å². The van der Waals surface area contributed by atoms with Crippen molar-refractivity contribution >= 4 is 0 Å². The second kappa shape index (κ2) is 4.98. The summed E-state index contributed by atoms with van der Waals surface area (Å²) in [5.74, 6) is 0.858. The summed E-state index contributed by atoms with van der Waals surface area (Å²) >= 11 is 0. The highest BCUT2D eigenvalue weighted by Crippen LogP contribution is 2.25. The minimum atomic E-state index is -0.0231. The van der Waals surface area contributed by atoms with Gasteiger partial charge in [-0.25, -0.2) is 0 Å². The van der Waals surface area contributed by atoms with E-state index < -0.39 is 0 Å². The molecule has 0 spiro atoms. The molecule has 2 N–H and O–H groups in total. The Balaban J connectivity index is 3.07. The van der Waals surface area contributed by atoms with Gasteiger partial charge in [0.2, 0.25) is 0 Å². The SMILES string of the molecule is CN[C@@H](CO)c1cccc(OC)c1C. The van der Waals surface area contributed by atoms with Crippen molar-refractivity contribution in [3.8, 4) is 5.75 Å². The number of benzene rings is 1. The van der Waals surface area contributed by atoms with Crippen LogP contribution in [0, 0.1) is 6.92 Å². The van der Waals surface area contributed by atoms with E-state index in [0.717, 1.165) is 16.9 Å². The molecule has 1 aromatic carbocycles. The predicted molar refractivity (Wildman–Crippen MR) is 56.6 cm³/mol. The molecule has 0 saturated carbocycles. The van der Waals surface area contributed by atoms with Gasteiger partial charge in [0.15, 0.2) is 0 Å². The molecule has 78 valence electrons. The number of aliphatic hydroxyl groups is 1. The Morgan fingerprint density at radius 1 is 1.50 bits per heavy atom. The Kier molecular flexibility index (Phi) is 3.92. The molecule has 0 aliphatic heterocycles. The third-order valence-electron chi connectivity index (χ3n) is 2.45. The molecule has 0 unspecified atom stereocenters. The van der Waals surface area contributed by atoms with Crippen LogP contribution in [0.15, 0.2) is 18.2 Å². The molecule has 1 rings (SSSR count). The molecule has 3 heteroatoms. The third-order valence-corrected chi connectivity index (χ3v) is 2.45. The normalized spacial score (nSPS) is 12.6. The minimum absolute atomic E-state index is 0.0231. The minimum Gasteiger partial charge on any atom is -0.496 e. The third kappa shape index (κ3) is 2.05. The zero-order valence-electron chi connectivity index (χ0n) is 8.87. The number of rotatable bonds is 4. The van der Waals surface area contributed by atoms with Crippen LogP contribution in [-0.2, 0) is 0 Å². The summed E-state index contributed by atoms with van der Waals surface area (Å²) in [6.07, 6.45) is 0. The molecule has 3 nitrogen and oxygen atoms in total. The number of nitrogens with one attached hydrogen (secondary N) is 1. The second-order valence-corrected chi connectivity index (χ2v) is 3.20. The average molecular weight is 195 g/mol. The molecule has 0 amide bonds. The van der Waals surface area contributed by atoms with Gasteiger partial charge in [0.05, 0.1) is 19.8 Å². The van der Waals surface area contributed by atoms with Gasteiger partial charge in [-0.1, -0.05) is 12.1 Å². The van der Waals surface area contributed by atoms with Crippen molar-refractivity contribution in [2.24, 2.45) is 0 Å². The van der Waals surface area contributed by atoms with Crippen molar-refractivity contribution in [2.75, 3.05) is 20.8 Å². The number of ether oxygens (including phenoxy) is 1. The lowest BCUT2D eigenvalue weighted by Crippen LogP contribution is -2.20. The van der Waals surface area contributed by atoms with E-state index in [0.29, 0.717) is 0 Å². The van der Waals surface area contributed by atoms with E-state index in [1.807, 2.05) is 32.2 Å². The molecule has 1 atom stereocenters. The summed E-state index contributed by atoms with van der Waals surface area (Å²) < 4.78 is 5.22. The molecule has 0 aliphatic carbocycles. The van der Waals surface area contributed by atoms with Crippen molar-refractivity contribution in [3.05, 3.63) is 29.3 Å². The topological polar surface area (TPSA) is 41.5 Å². The van der Waals surface area contributed by atoms with Crippen LogP contribution in [0.1, 0.15) is 17.2 Å². The van der Waals surface area contributed by atoms with E-state index in [1.165, 1.54) is 0 Å². The van der Waals surface area contributed by atoms with Gasteiger partial charge in [0.25, 0.3) is 0 Å². The lowest BCUT2D eigenvalue weighted by molar-refractivity contribution is 0.250. The van der Waals surface area contributed by atoms with E-state index >= 15 is 0 Å². The van der Waals surface area contributed by atoms with Crippen LogP contribution in [0.3, 0.4) is 0 Å². The first-order valence-electron chi connectivity index (χ1n) is 4.66. The Hall–Kier alpha value is -1.06. The van der Waals surface area contributed by atoms with Gasteiger partial charge >= 0.3 is 0 Å². The molecule has 0 fully saturated rings. The van der Waals surface area contributed by atoms with Gasteiger partial charge in [0, 0.05) is 0 Å². The first kappa shape index (κ1) is 11.0. The maximum absolute atomic E-state index is 9.16. The lowest BCUT2D eigenvalue weighted by atomic mass is 10.0. The van der Waals surface area contributed by atoms with Crippen LogP contribution >= 0.6 is 0 Å². The second-order valence-electron chi connectivity index (χ2n) is 3.20. The van der Waals surface area contributed by atoms with Gasteiger partial charge < -0.3 is 15.2 Å². The zero-order valence-corrected chi connectivity index (χ0v) is 8.87. The maximum Gasteiger partial charge on any atom is 0.122 e. The van der Waals surface area contributed by atoms with Crippen LogP contribution in [0.25, 0.3) is 0 Å². The zero-order chi connectivity index (χ0) is 10.6. The first-order valence-corrected chi connectivity index (χ1v) is 4.66. The van der Waals surface area contributed by atoms with Crippen molar-refractivity contribution in [1.82, 2.24) is 5.32 Å². The fourth-order valence-corrected chi connectivity index (χ4v) is 1.58. The molecule has 0 radical (unpaired) electrons. The number of methoxy groups -OCH3 is 1. The smallest absolute Gasteiger partial charge is 0.122 e. The van der Waals surface area contributed by atoms with E-state index in [2.05, 4.69) is 5.32 Å². The van der Waals surface area contributed by atoms with Gasteiger partial charge in [0.1, 0.15) is 5.75 Å². The molecule has 0 heterocycles. The van der Waals surface area contributed by atoms with Gasteiger partial charge in [-0.15, -0.1) is 0 Å². The molecule has 1 aromatic rings. The Bertz CT molecular complexity index is 295. The van der Waals surface area contributed by atoms with E-state index in [4.69, 9.17) is 9.84 Å². The molecule has 0 aromatic heterocycles. The summed E-state index contributed by atoms with van der Waals surface area (Å²) in [7, 11) is 3.49. The highest BCUT2D eigenvalue weighted by Gasteiger charge is 2.12. The van der Waals surface area contributed by atoms with Crippen molar-refractivity contribution in [1.29, 1.82) is 0 Å². The highest BCUT2D eigenvalue weighted by molar-refractivity contribution is 5.40. The summed E-state index contributed by atoms with van der Waals surface area (Å²) in [4.78, 5) is 0. The highest BCUT2D eigenvalue weighted by atomic mass is 16.5. The average Bonchev–Trinajstić information content (AvgIpc) is 2.22. The fraction of sp³-hybridized carbons (Fsp3) is 0.455. The van der Waals surface area contributed by atoms with Crippen LogP contribution in [-0.4, -0.2) is 25.9 Å². The molecular weight excluding hydrogens is 178 g/mol. The number of hydrogen-bond acceptors (Lipinski definition) is 3. The number of hydrogen-bond donors (Lipinski definition) is 2. The Morgan fingerprint density at radius 3 is 2.71 bits per heavy atom. The molecular formula is C11H17NO2. The quantitative estimate of drug-likeness (QED) is 0.760. The Morgan fingerprint density at radius 2 is 2.21 bits per heavy atom. The molecule has 14 heavy (non-hydrogen) atoms. The van der Waals surface area contributed by atoms with Gasteiger partial charge in [-0.05, 0) is 31.2 Å². The fourth-order valence-electron chi connectivity index (χ4n) is 1.58. The van der Waals surface area contributed by atoms with Crippen molar-refractivity contribution in [3.63, 3.8) is 0 Å². The standard InChI is InChI=1S/C11H17NO2/c1-8-9(10(7-13)12-2)5-4-6-11(8)14-3/h4-6,10,12-13H,7H2,1-3H3/t10-/m0/s1. The Labute approximate surface area is 84.7 Å². The molecule has 0 bridgehead atoms. The van der Waals surface area contributed by atoms with Crippen LogP contribution in [0.4, 0.5) is 0 Å². The number of aliphatic hydroxyl groups excluding tert-OH is 1. The lowest BCUT2D eigenvalue weighted by Gasteiger charge is -2.17. The number of likely N-dealkylation sites (N-methyl/N-ethyl adjacent to an activating group) is 1. The first-order chi connectivity index (χ1) is 6.74. The van der Waals surface area contributed by atoms with Crippen LogP contribution in [0.2, 0.25) is 0 Å². The van der Waals surface area contributed by atoms with Gasteiger partial charge in [-0.2, -0.15) is 0 Å². The summed E-state index contributed by atoms with van der Waals surface area (Å²) in [6, 6.07) is 5.82. The molecule has 0 saturated heterocycles. The largest absolute Gasteiger partial charge is 0.496 e. The van der Waals surface area contributed by atoms with Crippen LogP contribution in [0.5, 0.6) is 5.75 Å². The summed E-state index contributed by atoms with van der Waals surface area (Å²) in [6.45, 7) is 2.08. The van der Waals surface area contributed by atoms with Crippen LogP contribution < -0.4 is 10.1 Å². The van der Waals surface area contributed by atoms with E-state index in [1.54, 1.807) is 7.11 Å². The van der Waals surface area contributed by atoms with Gasteiger partial charge in [-0.3, -0.25) is 0 Å². The molecule has 0 aliphatic rings. The maximum atomic E-state index is 9.16. The monoisotopic (exact) mass is 195 g/mol. The summed E-state index contributed by atoms with van der Waals surface area (Å²) in [5.41, 5.74) is 2.15.